The minimum absolute atomic E-state index is 0.0406. The van der Waals surface area contributed by atoms with Gasteiger partial charge in [0.1, 0.15) is 0 Å². The molecule has 1 aromatic carbocycles. The monoisotopic (exact) mass is 263 g/mol. The van der Waals surface area contributed by atoms with Gasteiger partial charge in [0.05, 0.1) is 6.42 Å². The lowest BCUT2D eigenvalue weighted by Gasteiger charge is -2.37. The summed E-state index contributed by atoms with van der Waals surface area (Å²) in [5, 5.41) is 8.70. The van der Waals surface area contributed by atoms with Crippen molar-refractivity contribution in [2.75, 3.05) is 37.6 Å². The molecular weight excluding hydrogens is 242 g/mol. The molecular formula is C14H21N3O2. The molecule has 104 valence electrons. The number of nitrogens with two attached hydrogens (primary N) is 1. The second kappa shape index (κ2) is 6.54. The molecule has 1 saturated heterocycles. The molecule has 1 aliphatic rings. The number of carboxylic acid groups (broad SMARTS) is 1. The zero-order valence-corrected chi connectivity index (χ0v) is 11.0. The predicted molar refractivity (Wildman–Crippen MR) is 75.3 cm³/mol. The first-order valence-electron chi connectivity index (χ1n) is 6.65. The molecule has 0 radical (unpaired) electrons. The first-order chi connectivity index (χ1) is 9.15. The fourth-order valence-electron chi connectivity index (χ4n) is 2.45. The third kappa shape index (κ3) is 4.22. The standard InChI is InChI=1S/C14H21N3O2/c15-12(10-14(18)19)11-16-6-8-17(9-7-16)13-4-2-1-3-5-13/h1-5,12H,6-11,15H2,(H,18,19). The van der Waals surface area contributed by atoms with Crippen LogP contribution < -0.4 is 10.6 Å². The molecule has 2 rings (SSSR count). The van der Waals surface area contributed by atoms with Crippen molar-refractivity contribution in [2.24, 2.45) is 5.73 Å². The molecule has 1 unspecified atom stereocenters. The molecule has 0 bridgehead atoms. The molecule has 0 saturated carbocycles. The Morgan fingerprint density at radius 1 is 1.21 bits per heavy atom. The number of nitrogens with zero attached hydrogens (tertiary/aromatic N) is 2. The maximum absolute atomic E-state index is 10.6. The van der Waals surface area contributed by atoms with Crippen molar-refractivity contribution in [3.05, 3.63) is 30.3 Å². The van der Waals surface area contributed by atoms with Gasteiger partial charge < -0.3 is 15.7 Å². The summed E-state index contributed by atoms with van der Waals surface area (Å²) < 4.78 is 0. The van der Waals surface area contributed by atoms with Gasteiger partial charge in [0, 0.05) is 44.5 Å². The number of piperazine rings is 1. The second-order valence-corrected chi connectivity index (χ2v) is 4.98. The summed E-state index contributed by atoms with van der Waals surface area (Å²) >= 11 is 0. The summed E-state index contributed by atoms with van der Waals surface area (Å²) in [7, 11) is 0. The minimum atomic E-state index is -0.824. The van der Waals surface area contributed by atoms with E-state index in [1.165, 1.54) is 5.69 Å². The molecule has 1 atom stereocenters. The number of carbonyl (C=O) groups is 1. The van der Waals surface area contributed by atoms with Crippen LogP contribution in [0.3, 0.4) is 0 Å². The van der Waals surface area contributed by atoms with Crippen LogP contribution in [0, 0.1) is 0 Å². The summed E-state index contributed by atoms with van der Waals surface area (Å²) in [6.45, 7) is 4.45. The van der Waals surface area contributed by atoms with E-state index in [0.29, 0.717) is 6.54 Å². The molecule has 3 N–H and O–H groups in total. The Kier molecular flexibility index (Phi) is 4.76. The van der Waals surface area contributed by atoms with Crippen molar-refractivity contribution >= 4 is 11.7 Å². The number of anilines is 1. The van der Waals surface area contributed by atoms with E-state index in [0.717, 1.165) is 26.2 Å². The van der Waals surface area contributed by atoms with Gasteiger partial charge in [-0.3, -0.25) is 9.69 Å². The zero-order chi connectivity index (χ0) is 13.7. The molecule has 0 aromatic heterocycles. The van der Waals surface area contributed by atoms with Crippen LogP contribution in [0.1, 0.15) is 6.42 Å². The van der Waals surface area contributed by atoms with E-state index >= 15 is 0 Å². The number of hydrogen-bond acceptors (Lipinski definition) is 4. The predicted octanol–water partition coefficient (Wildman–Crippen LogP) is 0.611. The van der Waals surface area contributed by atoms with Gasteiger partial charge in [-0.25, -0.2) is 0 Å². The van der Waals surface area contributed by atoms with Crippen molar-refractivity contribution in [1.29, 1.82) is 0 Å². The van der Waals surface area contributed by atoms with Crippen LogP contribution in [0.5, 0.6) is 0 Å². The number of carboxylic acids is 1. The highest BCUT2D eigenvalue weighted by atomic mass is 16.4. The fraction of sp³-hybridized carbons (Fsp3) is 0.500. The molecule has 1 aliphatic heterocycles. The number of aliphatic carboxylic acids is 1. The molecule has 0 amide bonds. The Morgan fingerprint density at radius 2 is 1.84 bits per heavy atom. The summed E-state index contributed by atoms with van der Waals surface area (Å²) in [5.41, 5.74) is 7.06. The van der Waals surface area contributed by atoms with Gasteiger partial charge >= 0.3 is 5.97 Å². The van der Waals surface area contributed by atoms with Crippen molar-refractivity contribution in [3.63, 3.8) is 0 Å². The Hall–Kier alpha value is -1.59. The Bertz CT molecular complexity index is 402. The first kappa shape index (κ1) is 13.8. The lowest BCUT2D eigenvalue weighted by molar-refractivity contribution is -0.137. The largest absolute Gasteiger partial charge is 0.481 e. The van der Waals surface area contributed by atoms with Crippen molar-refractivity contribution in [1.82, 2.24) is 4.90 Å². The number of benzene rings is 1. The van der Waals surface area contributed by atoms with Gasteiger partial charge in [-0.05, 0) is 12.1 Å². The molecule has 0 aliphatic carbocycles. The lowest BCUT2D eigenvalue weighted by atomic mass is 10.2. The third-order valence-electron chi connectivity index (χ3n) is 3.42. The average molecular weight is 263 g/mol. The molecule has 1 aromatic rings. The highest BCUT2D eigenvalue weighted by Gasteiger charge is 2.19. The molecule has 5 nitrogen and oxygen atoms in total. The molecule has 0 spiro atoms. The van der Waals surface area contributed by atoms with E-state index < -0.39 is 5.97 Å². The van der Waals surface area contributed by atoms with E-state index in [4.69, 9.17) is 10.8 Å². The van der Waals surface area contributed by atoms with Gasteiger partial charge in [-0.15, -0.1) is 0 Å². The third-order valence-corrected chi connectivity index (χ3v) is 3.42. The van der Waals surface area contributed by atoms with E-state index in [2.05, 4.69) is 21.9 Å². The van der Waals surface area contributed by atoms with Crippen LogP contribution >= 0.6 is 0 Å². The Balaban J connectivity index is 1.78. The van der Waals surface area contributed by atoms with E-state index in [1.54, 1.807) is 0 Å². The van der Waals surface area contributed by atoms with Crippen molar-refractivity contribution < 1.29 is 9.90 Å². The highest BCUT2D eigenvalue weighted by Crippen LogP contribution is 2.15. The fourth-order valence-corrected chi connectivity index (χ4v) is 2.45. The normalized spacial score (nSPS) is 18.3. The van der Waals surface area contributed by atoms with Crippen molar-refractivity contribution in [2.45, 2.75) is 12.5 Å². The number of hydrogen-bond donors (Lipinski definition) is 2. The lowest BCUT2D eigenvalue weighted by Crippen LogP contribution is -2.50. The van der Waals surface area contributed by atoms with Crippen LogP contribution in [0.2, 0.25) is 0 Å². The quantitative estimate of drug-likeness (QED) is 0.814. The maximum Gasteiger partial charge on any atom is 0.304 e. The SMILES string of the molecule is NC(CC(=O)O)CN1CCN(c2ccccc2)CC1. The van der Waals surface area contributed by atoms with Gasteiger partial charge in [0.25, 0.3) is 0 Å². The maximum atomic E-state index is 10.6. The van der Waals surface area contributed by atoms with Crippen molar-refractivity contribution in [3.8, 4) is 0 Å². The van der Waals surface area contributed by atoms with Gasteiger partial charge in [-0.2, -0.15) is 0 Å². The van der Waals surface area contributed by atoms with Crippen LogP contribution in [-0.4, -0.2) is 54.7 Å². The van der Waals surface area contributed by atoms with Crippen LogP contribution in [0.4, 0.5) is 5.69 Å². The molecule has 1 fully saturated rings. The van der Waals surface area contributed by atoms with E-state index in [1.807, 2.05) is 18.2 Å². The van der Waals surface area contributed by atoms with Gasteiger partial charge in [-0.1, -0.05) is 18.2 Å². The molecule has 19 heavy (non-hydrogen) atoms. The topological polar surface area (TPSA) is 69.8 Å². The summed E-state index contributed by atoms with van der Waals surface area (Å²) in [4.78, 5) is 15.2. The Labute approximate surface area is 113 Å². The summed E-state index contributed by atoms with van der Waals surface area (Å²) in [5.74, 6) is -0.824. The van der Waals surface area contributed by atoms with E-state index in [9.17, 15) is 4.79 Å². The van der Waals surface area contributed by atoms with Gasteiger partial charge in [0.2, 0.25) is 0 Å². The van der Waals surface area contributed by atoms with Crippen LogP contribution in [0.15, 0.2) is 30.3 Å². The molecule has 1 heterocycles. The summed E-state index contributed by atoms with van der Waals surface area (Å²) in [6.07, 6.45) is 0.0406. The average Bonchev–Trinajstić information content (AvgIpc) is 2.39. The smallest absolute Gasteiger partial charge is 0.304 e. The van der Waals surface area contributed by atoms with Crippen LogP contribution in [0.25, 0.3) is 0 Å². The summed E-state index contributed by atoms with van der Waals surface area (Å²) in [6, 6.07) is 10.1. The number of rotatable bonds is 5. The highest BCUT2D eigenvalue weighted by molar-refractivity contribution is 5.67. The Morgan fingerprint density at radius 3 is 2.42 bits per heavy atom. The molecule has 5 heteroatoms. The van der Waals surface area contributed by atoms with E-state index in [-0.39, 0.29) is 12.5 Å². The first-order valence-corrected chi connectivity index (χ1v) is 6.65. The second-order valence-electron chi connectivity index (χ2n) is 4.98. The van der Waals surface area contributed by atoms with Gasteiger partial charge in [0.15, 0.2) is 0 Å². The zero-order valence-electron chi connectivity index (χ0n) is 11.0. The number of para-hydroxylation sites is 1. The van der Waals surface area contributed by atoms with Crippen LogP contribution in [-0.2, 0) is 4.79 Å². The minimum Gasteiger partial charge on any atom is -0.481 e.